The lowest BCUT2D eigenvalue weighted by molar-refractivity contribution is 0.0986. The highest BCUT2D eigenvalue weighted by atomic mass is 32.1. The van der Waals surface area contributed by atoms with Crippen molar-refractivity contribution in [1.82, 2.24) is 15.2 Å². The Balaban J connectivity index is 1.91. The number of rotatable bonds is 6. The zero-order chi connectivity index (χ0) is 17.6. The number of unbranched alkanes of at least 4 members (excludes halogenated alkanes) is 1. The van der Waals surface area contributed by atoms with Crippen LogP contribution in [0, 0.1) is 5.82 Å². The second-order valence-corrected chi connectivity index (χ2v) is 6.41. The zero-order valence-corrected chi connectivity index (χ0v) is 14.5. The van der Waals surface area contributed by atoms with E-state index in [2.05, 4.69) is 15.2 Å². The van der Waals surface area contributed by atoms with E-state index < -0.39 is 5.82 Å². The van der Waals surface area contributed by atoms with Gasteiger partial charge in [0.05, 0.1) is 0 Å². The van der Waals surface area contributed by atoms with Crippen LogP contribution in [-0.4, -0.2) is 27.6 Å². The summed E-state index contributed by atoms with van der Waals surface area (Å²) >= 11 is 1.32. The van der Waals surface area contributed by atoms with Gasteiger partial charge in [0, 0.05) is 30.1 Å². The lowest BCUT2D eigenvalue weighted by Crippen LogP contribution is -2.32. The quantitative estimate of drug-likeness (QED) is 0.665. The SMILES string of the molecule is CCCCN(C(=O)c1cccc(F)c1)c1nnc(-c2cccnc2)s1. The molecule has 0 aliphatic heterocycles. The van der Waals surface area contributed by atoms with E-state index in [4.69, 9.17) is 0 Å². The average Bonchev–Trinajstić information content (AvgIpc) is 3.12. The van der Waals surface area contributed by atoms with Crippen LogP contribution in [0.1, 0.15) is 30.1 Å². The molecule has 0 spiro atoms. The van der Waals surface area contributed by atoms with Crippen LogP contribution in [0.15, 0.2) is 48.8 Å². The van der Waals surface area contributed by atoms with Gasteiger partial charge in [-0.3, -0.25) is 14.7 Å². The van der Waals surface area contributed by atoms with E-state index in [0.29, 0.717) is 22.2 Å². The number of aromatic nitrogens is 3. The highest BCUT2D eigenvalue weighted by Gasteiger charge is 2.22. The highest BCUT2D eigenvalue weighted by Crippen LogP contribution is 2.29. The standard InChI is InChI=1S/C18H17FN4OS/c1-2-3-10-23(17(24)13-6-4-8-15(19)11-13)18-22-21-16(25-18)14-7-5-9-20-12-14/h4-9,11-12H,2-3,10H2,1H3. The van der Waals surface area contributed by atoms with Gasteiger partial charge in [-0.1, -0.05) is 30.7 Å². The number of benzene rings is 1. The van der Waals surface area contributed by atoms with Crippen LogP contribution < -0.4 is 4.90 Å². The molecule has 0 saturated carbocycles. The van der Waals surface area contributed by atoms with Crippen molar-refractivity contribution < 1.29 is 9.18 Å². The summed E-state index contributed by atoms with van der Waals surface area (Å²) < 4.78 is 13.5. The predicted octanol–water partition coefficient (Wildman–Crippen LogP) is 4.19. The molecule has 128 valence electrons. The van der Waals surface area contributed by atoms with E-state index in [9.17, 15) is 9.18 Å². The molecule has 0 atom stereocenters. The first kappa shape index (κ1) is 17.2. The van der Waals surface area contributed by atoms with Gasteiger partial charge in [-0.25, -0.2) is 4.39 Å². The van der Waals surface area contributed by atoms with Crippen molar-refractivity contribution in [3.8, 4) is 10.6 Å². The molecule has 2 aromatic heterocycles. The fraction of sp³-hybridized carbons (Fsp3) is 0.222. The minimum absolute atomic E-state index is 0.276. The molecule has 0 fully saturated rings. The van der Waals surface area contributed by atoms with Crippen molar-refractivity contribution >= 4 is 22.4 Å². The lowest BCUT2D eigenvalue weighted by atomic mass is 10.2. The fourth-order valence-corrected chi connectivity index (χ4v) is 3.17. The van der Waals surface area contributed by atoms with Crippen LogP contribution >= 0.6 is 11.3 Å². The third kappa shape index (κ3) is 4.06. The van der Waals surface area contributed by atoms with E-state index in [1.165, 1.54) is 29.5 Å². The molecule has 0 aliphatic rings. The number of pyridine rings is 1. The number of anilines is 1. The van der Waals surface area contributed by atoms with Gasteiger partial charge in [0.15, 0.2) is 5.01 Å². The number of carbonyl (C=O) groups excluding carboxylic acids is 1. The average molecular weight is 356 g/mol. The molecule has 0 radical (unpaired) electrons. The summed E-state index contributed by atoms with van der Waals surface area (Å²) in [6, 6.07) is 9.41. The Kier molecular flexibility index (Phi) is 5.45. The number of nitrogens with zero attached hydrogens (tertiary/aromatic N) is 4. The van der Waals surface area contributed by atoms with Crippen molar-refractivity contribution in [3.63, 3.8) is 0 Å². The molecule has 25 heavy (non-hydrogen) atoms. The number of halogens is 1. The van der Waals surface area contributed by atoms with Gasteiger partial charge in [0.2, 0.25) is 5.13 Å². The topological polar surface area (TPSA) is 59.0 Å². The molecule has 0 bridgehead atoms. The van der Waals surface area contributed by atoms with E-state index in [-0.39, 0.29) is 5.91 Å². The Morgan fingerprint density at radius 3 is 2.84 bits per heavy atom. The van der Waals surface area contributed by atoms with Crippen molar-refractivity contribution in [2.24, 2.45) is 0 Å². The summed E-state index contributed by atoms with van der Waals surface area (Å²) in [5.74, 6) is -0.712. The van der Waals surface area contributed by atoms with Crippen molar-refractivity contribution in [1.29, 1.82) is 0 Å². The molecule has 7 heteroatoms. The Labute approximate surface area is 149 Å². The first-order valence-corrected chi connectivity index (χ1v) is 8.82. The van der Waals surface area contributed by atoms with Crippen LogP contribution in [0.25, 0.3) is 10.6 Å². The summed E-state index contributed by atoms with van der Waals surface area (Å²) in [5.41, 5.74) is 1.15. The predicted molar refractivity (Wildman–Crippen MR) is 96.1 cm³/mol. The van der Waals surface area contributed by atoms with Gasteiger partial charge in [0.1, 0.15) is 5.82 Å². The van der Waals surface area contributed by atoms with E-state index >= 15 is 0 Å². The Hall–Kier alpha value is -2.67. The number of amides is 1. The van der Waals surface area contributed by atoms with E-state index in [0.717, 1.165) is 18.4 Å². The van der Waals surface area contributed by atoms with Gasteiger partial charge < -0.3 is 0 Å². The summed E-state index contributed by atoms with van der Waals surface area (Å²) in [5, 5.41) is 9.53. The maximum absolute atomic E-state index is 13.5. The fourth-order valence-electron chi connectivity index (χ4n) is 2.31. The second-order valence-electron chi connectivity index (χ2n) is 5.45. The molecule has 0 saturated heterocycles. The van der Waals surface area contributed by atoms with Gasteiger partial charge in [-0.2, -0.15) is 0 Å². The summed E-state index contributed by atoms with van der Waals surface area (Å²) in [7, 11) is 0. The number of hydrogen-bond acceptors (Lipinski definition) is 5. The van der Waals surface area contributed by atoms with Crippen molar-refractivity contribution in [2.75, 3.05) is 11.4 Å². The molecule has 2 heterocycles. The first-order valence-electron chi connectivity index (χ1n) is 8.00. The maximum Gasteiger partial charge on any atom is 0.260 e. The number of hydrogen-bond donors (Lipinski definition) is 0. The second kappa shape index (κ2) is 7.94. The monoisotopic (exact) mass is 356 g/mol. The minimum atomic E-state index is -0.436. The normalized spacial score (nSPS) is 10.6. The smallest absolute Gasteiger partial charge is 0.260 e. The van der Waals surface area contributed by atoms with Crippen molar-refractivity contribution in [2.45, 2.75) is 19.8 Å². The van der Waals surface area contributed by atoms with Crippen LogP contribution in [0.4, 0.5) is 9.52 Å². The van der Waals surface area contributed by atoms with Crippen LogP contribution in [0.3, 0.4) is 0 Å². The largest absolute Gasteiger partial charge is 0.283 e. The van der Waals surface area contributed by atoms with Gasteiger partial charge >= 0.3 is 0 Å². The van der Waals surface area contributed by atoms with Crippen LogP contribution in [0.5, 0.6) is 0 Å². The van der Waals surface area contributed by atoms with Gasteiger partial charge in [-0.05, 0) is 36.8 Å². The molecule has 3 aromatic rings. The molecular formula is C18H17FN4OS. The molecule has 0 aliphatic carbocycles. The Bertz CT molecular complexity index is 853. The Morgan fingerprint density at radius 2 is 2.12 bits per heavy atom. The molecule has 0 unspecified atom stereocenters. The third-order valence-corrected chi connectivity index (χ3v) is 4.60. The van der Waals surface area contributed by atoms with Gasteiger partial charge in [0.25, 0.3) is 5.91 Å². The maximum atomic E-state index is 13.5. The molecule has 3 rings (SSSR count). The number of carbonyl (C=O) groups is 1. The van der Waals surface area contributed by atoms with Crippen LogP contribution in [0.2, 0.25) is 0 Å². The Morgan fingerprint density at radius 1 is 1.24 bits per heavy atom. The third-order valence-electron chi connectivity index (χ3n) is 3.61. The summed E-state index contributed by atoms with van der Waals surface area (Å²) in [6.07, 6.45) is 5.14. The summed E-state index contributed by atoms with van der Waals surface area (Å²) in [4.78, 5) is 18.5. The molecular weight excluding hydrogens is 339 g/mol. The molecule has 5 nitrogen and oxygen atoms in total. The lowest BCUT2D eigenvalue weighted by Gasteiger charge is -2.19. The highest BCUT2D eigenvalue weighted by molar-refractivity contribution is 7.18. The first-order chi connectivity index (χ1) is 12.2. The zero-order valence-electron chi connectivity index (χ0n) is 13.7. The van der Waals surface area contributed by atoms with Crippen molar-refractivity contribution in [3.05, 3.63) is 60.2 Å². The molecule has 1 aromatic carbocycles. The van der Waals surface area contributed by atoms with Gasteiger partial charge in [-0.15, -0.1) is 10.2 Å². The molecule has 1 amide bonds. The van der Waals surface area contributed by atoms with E-state index in [1.54, 1.807) is 23.4 Å². The summed E-state index contributed by atoms with van der Waals surface area (Å²) in [6.45, 7) is 2.56. The molecule has 0 N–H and O–H groups in total. The van der Waals surface area contributed by atoms with E-state index in [1.807, 2.05) is 19.1 Å². The van der Waals surface area contributed by atoms with Crippen LogP contribution in [-0.2, 0) is 0 Å². The minimum Gasteiger partial charge on any atom is -0.283 e.